The maximum atomic E-state index is 13.9. The van der Waals surface area contributed by atoms with Gasteiger partial charge in [0.15, 0.2) is 5.75 Å². The maximum Gasteiger partial charge on any atom is 0.247 e. The number of carbonyl (C=O) groups excluding carboxylic acids is 1. The summed E-state index contributed by atoms with van der Waals surface area (Å²) < 4.78 is 40.5. The smallest absolute Gasteiger partial charge is 0.247 e. The fraction of sp³-hybridized carbons (Fsp3) is 0.321. The Balaban J connectivity index is 1.63. The number of methoxy groups -OCH3 is 1. The van der Waals surface area contributed by atoms with Gasteiger partial charge in [0.1, 0.15) is 16.4 Å². The molecule has 0 aromatic heterocycles. The van der Waals surface area contributed by atoms with Gasteiger partial charge in [-0.3, -0.25) is 4.79 Å². The molecular formula is C28H31ClN2O5S. The molecule has 0 aliphatic heterocycles. The molecule has 196 valence electrons. The van der Waals surface area contributed by atoms with Gasteiger partial charge in [0.2, 0.25) is 15.9 Å². The Morgan fingerprint density at radius 2 is 1.70 bits per heavy atom. The number of rotatable bonds is 9. The van der Waals surface area contributed by atoms with Gasteiger partial charge in [-0.2, -0.15) is 4.31 Å². The summed E-state index contributed by atoms with van der Waals surface area (Å²) in [6.07, 6.45) is 4.26. The van der Waals surface area contributed by atoms with Crippen molar-refractivity contribution in [2.45, 2.75) is 50.0 Å². The maximum absolute atomic E-state index is 13.9. The molecule has 1 aliphatic carbocycles. The summed E-state index contributed by atoms with van der Waals surface area (Å²) in [5.74, 6) is 0.760. The lowest BCUT2D eigenvalue weighted by Crippen LogP contribution is -2.45. The van der Waals surface area contributed by atoms with Gasteiger partial charge in [-0.1, -0.05) is 55.1 Å². The van der Waals surface area contributed by atoms with E-state index in [4.69, 9.17) is 21.1 Å². The lowest BCUT2D eigenvalue weighted by molar-refractivity contribution is -0.116. The average molecular weight is 543 g/mol. The van der Waals surface area contributed by atoms with E-state index in [1.807, 2.05) is 25.1 Å². The second kappa shape index (κ2) is 12.0. The van der Waals surface area contributed by atoms with Crippen LogP contribution < -0.4 is 14.8 Å². The number of hydrogen-bond acceptors (Lipinski definition) is 5. The molecule has 3 aromatic rings. The van der Waals surface area contributed by atoms with Crippen LogP contribution in [0.1, 0.15) is 37.7 Å². The molecule has 0 unspecified atom stereocenters. The fourth-order valence-electron chi connectivity index (χ4n) is 4.53. The Labute approximate surface area is 223 Å². The van der Waals surface area contributed by atoms with E-state index in [-0.39, 0.29) is 23.2 Å². The summed E-state index contributed by atoms with van der Waals surface area (Å²) in [4.78, 5) is 13.4. The second-order valence-electron chi connectivity index (χ2n) is 9.10. The van der Waals surface area contributed by atoms with Crippen LogP contribution in [0.3, 0.4) is 0 Å². The lowest BCUT2D eigenvalue weighted by atomic mass is 9.95. The molecule has 4 rings (SSSR count). The number of benzene rings is 3. The van der Waals surface area contributed by atoms with Gasteiger partial charge >= 0.3 is 0 Å². The van der Waals surface area contributed by atoms with Crippen molar-refractivity contribution >= 4 is 33.2 Å². The number of halogens is 1. The number of nitrogens with one attached hydrogen (secondary N) is 1. The van der Waals surface area contributed by atoms with Gasteiger partial charge < -0.3 is 14.8 Å². The van der Waals surface area contributed by atoms with Crippen LogP contribution >= 0.6 is 11.6 Å². The number of anilines is 1. The van der Waals surface area contributed by atoms with Gasteiger partial charge in [-0.05, 0) is 67.8 Å². The molecule has 0 spiro atoms. The molecule has 0 heterocycles. The minimum atomic E-state index is -4.03. The van der Waals surface area contributed by atoms with Gasteiger partial charge in [0.25, 0.3) is 0 Å². The Morgan fingerprint density at radius 1 is 1.00 bits per heavy atom. The number of aryl methyl sites for hydroxylation is 1. The SMILES string of the molecule is COc1ccc(C)cc1S(=O)(=O)N(CC(=O)Nc1cc(Cl)ccc1Oc1ccccc1)C1CCCCC1. The van der Waals surface area contributed by atoms with E-state index in [1.165, 1.54) is 11.4 Å². The zero-order valence-electron chi connectivity index (χ0n) is 20.9. The van der Waals surface area contributed by atoms with E-state index in [0.717, 1.165) is 24.8 Å². The van der Waals surface area contributed by atoms with Crippen LogP contribution in [0.15, 0.2) is 71.6 Å². The first-order valence-electron chi connectivity index (χ1n) is 12.3. The standard InChI is InChI=1S/C28H31ClN2O5S/c1-20-13-15-26(35-2)27(17-20)37(33,34)31(22-9-5-3-6-10-22)19-28(32)30-24-18-21(29)14-16-25(24)36-23-11-7-4-8-12-23/h4,7-8,11-18,22H,3,5-6,9-10,19H2,1-2H3,(H,30,32). The Kier molecular flexibility index (Phi) is 8.74. The topological polar surface area (TPSA) is 84.9 Å². The molecule has 37 heavy (non-hydrogen) atoms. The first-order chi connectivity index (χ1) is 17.8. The second-order valence-corrected chi connectivity index (χ2v) is 11.4. The van der Waals surface area contributed by atoms with E-state index >= 15 is 0 Å². The summed E-state index contributed by atoms with van der Waals surface area (Å²) in [6.45, 7) is 1.48. The molecule has 9 heteroatoms. The third-order valence-corrected chi connectivity index (χ3v) is 8.53. The molecular weight excluding hydrogens is 512 g/mol. The van der Waals surface area contributed by atoms with E-state index in [9.17, 15) is 13.2 Å². The van der Waals surface area contributed by atoms with Crippen molar-refractivity contribution in [1.82, 2.24) is 4.31 Å². The quantitative estimate of drug-likeness (QED) is 0.337. The lowest BCUT2D eigenvalue weighted by Gasteiger charge is -2.33. The van der Waals surface area contributed by atoms with Crippen molar-refractivity contribution in [1.29, 1.82) is 0 Å². The van der Waals surface area contributed by atoms with E-state index in [2.05, 4.69) is 5.32 Å². The number of hydrogen-bond donors (Lipinski definition) is 1. The van der Waals surface area contributed by atoms with Crippen LogP contribution in [0.2, 0.25) is 5.02 Å². The van der Waals surface area contributed by atoms with Crippen molar-refractivity contribution in [3.8, 4) is 17.2 Å². The molecule has 1 amide bonds. The van der Waals surface area contributed by atoms with E-state index in [0.29, 0.717) is 35.1 Å². The molecule has 0 atom stereocenters. The third kappa shape index (κ3) is 6.63. The number of amides is 1. The molecule has 0 bridgehead atoms. The Hall–Kier alpha value is -3.07. The van der Waals surface area contributed by atoms with Crippen LogP contribution in [0.5, 0.6) is 17.2 Å². The normalized spacial score (nSPS) is 14.4. The van der Waals surface area contributed by atoms with Crippen molar-refractivity contribution in [3.05, 3.63) is 77.3 Å². The van der Waals surface area contributed by atoms with E-state index < -0.39 is 15.9 Å². The minimum absolute atomic E-state index is 0.0595. The predicted molar refractivity (Wildman–Crippen MR) is 145 cm³/mol. The zero-order valence-corrected chi connectivity index (χ0v) is 22.5. The minimum Gasteiger partial charge on any atom is -0.495 e. The van der Waals surface area contributed by atoms with Gasteiger partial charge in [-0.25, -0.2) is 8.42 Å². The highest BCUT2D eigenvalue weighted by Crippen LogP contribution is 2.34. The summed E-state index contributed by atoms with van der Waals surface area (Å²) in [5, 5.41) is 3.23. The van der Waals surface area contributed by atoms with Gasteiger partial charge in [0, 0.05) is 11.1 Å². The molecule has 1 saturated carbocycles. The molecule has 1 fully saturated rings. The highest BCUT2D eigenvalue weighted by atomic mass is 35.5. The number of sulfonamides is 1. The van der Waals surface area contributed by atoms with Crippen molar-refractivity contribution < 1.29 is 22.7 Å². The number of nitrogens with zero attached hydrogens (tertiary/aromatic N) is 1. The van der Waals surface area contributed by atoms with Crippen LogP contribution in [0.25, 0.3) is 0 Å². The summed E-state index contributed by atoms with van der Waals surface area (Å²) in [5.41, 5.74) is 1.14. The predicted octanol–water partition coefficient (Wildman–Crippen LogP) is 6.41. The van der Waals surface area contributed by atoms with Crippen LogP contribution in [0.4, 0.5) is 5.69 Å². The van der Waals surface area contributed by atoms with Gasteiger partial charge in [0.05, 0.1) is 19.3 Å². The monoisotopic (exact) mass is 542 g/mol. The van der Waals surface area contributed by atoms with Crippen LogP contribution in [0, 0.1) is 6.92 Å². The highest BCUT2D eigenvalue weighted by Gasteiger charge is 2.36. The largest absolute Gasteiger partial charge is 0.495 e. The van der Waals surface area contributed by atoms with Crippen LogP contribution in [-0.2, 0) is 14.8 Å². The molecule has 1 aliphatic rings. The first-order valence-corrected chi connectivity index (χ1v) is 14.1. The number of ether oxygens (including phenoxy) is 2. The Bertz CT molecular complexity index is 1340. The zero-order chi connectivity index (χ0) is 26.4. The highest BCUT2D eigenvalue weighted by molar-refractivity contribution is 7.89. The number of para-hydroxylation sites is 1. The van der Waals surface area contributed by atoms with Gasteiger partial charge in [-0.15, -0.1) is 0 Å². The molecule has 7 nitrogen and oxygen atoms in total. The van der Waals surface area contributed by atoms with Crippen LogP contribution in [-0.4, -0.2) is 38.3 Å². The summed E-state index contributed by atoms with van der Waals surface area (Å²) in [6, 6.07) is 18.8. The fourth-order valence-corrected chi connectivity index (χ4v) is 6.58. The number of carbonyl (C=O) groups is 1. The summed E-state index contributed by atoms with van der Waals surface area (Å²) in [7, 11) is -2.59. The molecule has 3 aromatic carbocycles. The Morgan fingerprint density at radius 3 is 2.41 bits per heavy atom. The molecule has 0 saturated heterocycles. The molecule has 0 radical (unpaired) electrons. The van der Waals surface area contributed by atoms with Crippen molar-refractivity contribution in [2.24, 2.45) is 0 Å². The summed E-state index contributed by atoms with van der Waals surface area (Å²) >= 11 is 6.20. The molecule has 1 N–H and O–H groups in total. The van der Waals surface area contributed by atoms with Crippen molar-refractivity contribution in [2.75, 3.05) is 19.0 Å². The average Bonchev–Trinajstić information content (AvgIpc) is 2.90. The first kappa shape index (κ1) is 27.0. The van der Waals surface area contributed by atoms with E-state index in [1.54, 1.807) is 48.5 Å². The van der Waals surface area contributed by atoms with Crippen molar-refractivity contribution in [3.63, 3.8) is 0 Å². The third-order valence-electron chi connectivity index (χ3n) is 6.37.